The van der Waals surface area contributed by atoms with Gasteiger partial charge in [0.25, 0.3) is 0 Å². The minimum atomic E-state index is -1.77. The molecule has 0 spiro atoms. The molecule has 1 heterocycles. The summed E-state index contributed by atoms with van der Waals surface area (Å²) in [5.41, 5.74) is -7.49. The minimum absolute atomic E-state index is 0.00811. The van der Waals surface area contributed by atoms with Crippen molar-refractivity contribution in [2.45, 2.75) is 110 Å². The summed E-state index contributed by atoms with van der Waals surface area (Å²) in [5, 5.41) is 44.6. The summed E-state index contributed by atoms with van der Waals surface area (Å²) in [4.78, 5) is 40.2. The lowest BCUT2D eigenvalue weighted by Crippen LogP contribution is -2.58. The Morgan fingerprint density at radius 1 is 1.14 bits per heavy atom. The van der Waals surface area contributed by atoms with Crippen molar-refractivity contribution in [3.63, 3.8) is 0 Å². The molecule has 1 unspecified atom stereocenters. The second-order valence-electron chi connectivity index (χ2n) is 12.6. The van der Waals surface area contributed by atoms with Crippen molar-refractivity contribution in [2.24, 2.45) is 28.6 Å². The van der Waals surface area contributed by atoms with Crippen molar-refractivity contribution in [2.75, 3.05) is 0 Å². The number of Topliss-reactive ketones (excluding diaryl/α,β-unsaturated/α-hetero) is 1. The smallest absolute Gasteiger partial charge is 0.319 e. The van der Waals surface area contributed by atoms with E-state index in [1.807, 2.05) is 6.92 Å². The van der Waals surface area contributed by atoms with Crippen LogP contribution in [0, 0.1) is 28.6 Å². The van der Waals surface area contributed by atoms with Gasteiger partial charge < -0.3 is 25.2 Å². The minimum Gasteiger partial charge on any atom is -0.511 e. The summed E-state index contributed by atoms with van der Waals surface area (Å²) in [6.45, 7) is 11.2. The molecule has 3 rings (SSSR count). The monoisotopic (exact) mass is 494 g/mol. The predicted molar refractivity (Wildman–Crippen MR) is 128 cm³/mol. The molecule has 0 amide bonds. The molecule has 0 aromatic heterocycles. The summed E-state index contributed by atoms with van der Waals surface area (Å²) in [5.74, 6) is -3.54. The number of aliphatic hydroxyl groups excluding tert-OH is 1. The van der Waals surface area contributed by atoms with Gasteiger partial charge >= 0.3 is 5.97 Å². The third-order valence-electron chi connectivity index (χ3n) is 9.16. The van der Waals surface area contributed by atoms with Gasteiger partial charge in [0.1, 0.15) is 17.3 Å². The van der Waals surface area contributed by atoms with Crippen LogP contribution in [-0.2, 0) is 19.1 Å². The van der Waals surface area contributed by atoms with Crippen LogP contribution in [0.3, 0.4) is 0 Å². The summed E-state index contributed by atoms with van der Waals surface area (Å²) in [7, 11) is 0. The lowest BCUT2D eigenvalue weighted by atomic mass is 9.52. The van der Waals surface area contributed by atoms with E-state index in [2.05, 4.69) is 0 Å². The zero-order chi connectivity index (χ0) is 26.8. The second-order valence-corrected chi connectivity index (χ2v) is 12.6. The average Bonchev–Trinajstić information content (AvgIpc) is 3.22. The van der Waals surface area contributed by atoms with Crippen LogP contribution in [0.25, 0.3) is 0 Å². The molecule has 0 bridgehead atoms. The molecule has 8 atom stereocenters. The number of allylic oxidation sites excluding steroid dienone is 2. The van der Waals surface area contributed by atoms with Gasteiger partial charge in [-0.05, 0) is 78.6 Å². The number of esters is 1. The standard InChI is InChI=1S/C27H42O8/c1-8-15(2)18(28)11-19(29)27(12-17-16(26(7,34)14-27)9-10-25(17,6)33)21(30)24(5)13-20(23(3,4)32)35-22(24)31/h11,15-17,20,29,32-34H,8-10,12-14H2,1-7H3/b19-11-/t15?,16-,17+,20-,24-,25-,26-,27+/m0/s1. The Bertz CT molecular complexity index is 926. The van der Waals surface area contributed by atoms with E-state index >= 15 is 0 Å². The molecule has 4 N–H and O–H groups in total. The molecule has 2 aliphatic carbocycles. The lowest BCUT2D eigenvalue weighted by Gasteiger charge is -2.52. The first-order chi connectivity index (χ1) is 15.8. The SMILES string of the molecule is CCC(C)C(=O)/C=C(\O)[C@@]1(C(=O)[C@]2(C)C[C@@H](C(C)(C)O)OC2=O)C[C@@H]2[C@H](CC[C@]2(C)O)[C@@](C)(O)C1. The summed E-state index contributed by atoms with van der Waals surface area (Å²) < 4.78 is 5.40. The number of fused-ring (bicyclic) bond motifs is 1. The van der Waals surface area contributed by atoms with Crippen molar-refractivity contribution >= 4 is 17.5 Å². The van der Waals surface area contributed by atoms with Crippen molar-refractivity contribution in [1.29, 1.82) is 0 Å². The van der Waals surface area contributed by atoms with Gasteiger partial charge in [0.15, 0.2) is 11.6 Å². The van der Waals surface area contributed by atoms with E-state index < -0.39 is 57.2 Å². The fourth-order valence-electron chi connectivity index (χ4n) is 6.53. The van der Waals surface area contributed by atoms with E-state index in [1.165, 1.54) is 20.8 Å². The van der Waals surface area contributed by atoms with Crippen molar-refractivity contribution in [3.8, 4) is 0 Å². The topological polar surface area (TPSA) is 141 Å². The van der Waals surface area contributed by atoms with Gasteiger partial charge in [0, 0.05) is 18.4 Å². The Hall–Kier alpha value is -1.77. The maximum Gasteiger partial charge on any atom is 0.319 e. The molecule has 0 radical (unpaired) electrons. The summed E-state index contributed by atoms with van der Waals surface area (Å²) >= 11 is 0. The van der Waals surface area contributed by atoms with Gasteiger partial charge in [-0.15, -0.1) is 0 Å². The molecular weight excluding hydrogens is 452 g/mol. The summed E-state index contributed by atoms with van der Waals surface area (Å²) in [6, 6.07) is 0. The maximum atomic E-state index is 14.4. The Morgan fingerprint density at radius 3 is 2.26 bits per heavy atom. The second kappa shape index (κ2) is 8.67. The van der Waals surface area contributed by atoms with Crippen LogP contribution < -0.4 is 0 Å². The first kappa shape index (κ1) is 27.8. The Balaban J connectivity index is 2.16. The predicted octanol–water partition coefficient (Wildman–Crippen LogP) is 3.01. The van der Waals surface area contributed by atoms with Crippen LogP contribution in [0.1, 0.15) is 87.0 Å². The number of carbonyl (C=O) groups is 3. The van der Waals surface area contributed by atoms with Crippen LogP contribution in [0.4, 0.5) is 0 Å². The quantitative estimate of drug-likeness (QED) is 0.183. The Labute approximate surface area is 207 Å². The highest BCUT2D eigenvalue weighted by molar-refractivity contribution is 6.09. The van der Waals surface area contributed by atoms with E-state index in [0.717, 1.165) is 6.08 Å². The van der Waals surface area contributed by atoms with Gasteiger partial charge in [-0.1, -0.05) is 13.8 Å². The first-order valence-corrected chi connectivity index (χ1v) is 12.7. The molecule has 0 aromatic carbocycles. The van der Waals surface area contributed by atoms with Crippen molar-refractivity contribution in [3.05, 3.63) is 11.8 Å². The molecule has 198 valence electrons. The maximum absolute atomic E-state index is 14.4. The van der Waals surface area contributed by atoms with Crippen LogP contribution >= 0.6 is 0 Å². The zero-order valence-electron chi connectivity index (χ0n) is 22.1. The zero-order valence-corrected chi connectivity index (χ0v) is 22.1. The van der Waals surface area contributed by atoms with Gasteiger partial charge in [0.2, 0.25) is 0 Å². The Morgan fingerprint density at radius 2 is 1.74 bits per heavy atom. The molecule has 3 fully saturated rings. The van der Waals surface area contributed by atoms with Crippen LogP contribution in [0.15, 0.2) is 11.8 Å². The number of hydrogen-bond acceptors (Lipinski definition) is 8. The highest BCUT2D eigenvalue weighted by atomic mass is 16.6. The number of hydrogen-bond donors (Lipinski definition) is 4. The number of rotatable bonds is 7. The van der Waals surface area contributed by atoms with Crippen molar-refractivity contribution in [1.82, 2.24) is 0 Å². The normalized spacial score (nSPS) is 43.0. The van der Waals surface area contributed by atoms with Crippen LogP contribution in [-0.4, -0.2) is 60.9 Å². The largest absolute Gasteiger partial charge is 0.511 e. The van der Waals surface area contributed by atoms with E-state index in [1.54, 1.807) is 20.8 Å². The van der Waals surface area contributed by atoms with E-state index in [4.69, 9.17) is 4.74 Å². The van der Waals surface area contributed by atoms with E-state index in [9.17, 15) is 34.8 Å². The van der Waals surface area contributed by atoms with E-state index in [0.29, 0.717) is 19.3 Å². The lowest BCUT2D eigenvalue weighted by molar-refractivity contribution is -0.168. The fraction of sp³-hybridized carbons (Fsp3) is 0.815. The molecular formula is C27H42O8. The number of carbonyl (C=O) groups excluding carboxylic acids is 3. The number of ether oxygens (including phenoxy) is 1. The van der Waals surface area contributed by atoms with Gasteiger partial charge in [0.05, 0.1) is 22.2 Å². The van der Waals surface area contributed by atoms with E-state index in [-0.39, 0.29) is 36.9 Å². The Kier molecular flexibility index (Phi) is 6.89. The molecule has 3 aliphatic rings. The molecule has 35 heavy (non-hydrogen) atoms. The van der Waals surface area contributed by atoms with Gasteiger partial charge in [-0.3, -0.25) is 14.4 Å². The van der Waals surface area contributed by atoms with Crippen LogP contribution in [0.2, 0.25) is 0 Å². The first-order valence-electron chi connectivity index (χ1n) is 12.7. The fourth-order valence-corrected chi connectivity index (χ4v) is 6.53. The third-order valence-corrected chi connectivity index (χ3v) is 9.16. The summed E-state index contributed by atoms with van der Waals surface area (Å²) in [6.07, 6.45) is 1.36. The molecule has 8 nitrogen and oxygen atoms in total. The van der Waals surface area contributed by atoms with Gasteiger partial charge in [-0.25, -0.2) is 0 Å². The van der Waals surface area contributed by atoms with Gasteiger partial charge in [-0.2, -0.15) is 0 Å². The molecule has 2 saturated carbocycles. The third kappa shape index (κ3) is 4.58. The van der Waals surface area contributed by atoms with Crippen molar-refractivity contribution < 1.29 is 39.5 Å². The molecule has 1 aliphatic heterocycles. The highest BCUT2D eigenvalue weighted by Crippen LogP contribution is 2.61. The highest BCUT2D eigenvalue weighted by Gasteiger charge is 2.67. The number of ketones is 2. The van der Waals surface area contributed by atoms with Crippen LogP contribution in [0.5, 0.6) is 0 Å². The molecule has 1 saturated heterocycles. The molecule has 8 heteroatoms. The molecule has 0 aromatic rings. The number of cyclic esters (lactones) is 1. The number of aliphatic hydroxyl groups is 4. The average molecular weight is 495 g/mol.